The molecule has 22 heavy (non-hydrogen) atoms. The van der Waals surface area contributed by atoms with Crippen LogP contribution in [-0.2, 0) is 9.47 Å². The Morgan fingerprint density at radius 3 is 2.73 bits per heavy atom. The third-order valence-corrected chi connectivity index (χ3v) is 2.30. The van der Waals surface area contributed by atoms with Crippen LogP contribution in [0, 0.1) is 0 Å². The van der Waals surface area contributed by atoms with Crippen LogP contribution in [0.3, 0.4) is 0 Å². The van der Waals surface area contributed by atoms with Crippen LogP contribution in [0.15, 0.2) is 41.4 Å². The van der Waals surface area contributed by atoms with Gasteiger partial charge in [-0.05, 0) is 32.9 Å². The van der Waals surface area contributed by atoms with Gasteiger partial charge in [-0.1, -0.05) is 0 Å². The highest BCUT2D eigenvalue weighted by Crippen LogP contribution is 2.12. The Balaban J connectivity index is 2.93. The highest BCUT2D eigenvalue weighted by molar-refractivity contribution is 6.04. The second-order valence-corrected chi connectivity index (χ2v) is 5.41. The van der Waals surface area contributed by atoms with Crippen LogP contribution in [0.5, 0.6) is 0 Å². The zero-order valence-corrected chi connectivity index (χ0v) is 13.3. The maximum Gasteiger partial charge on any atom is 0.412 e. The molecule has 0 aliphatic carbocycles. The minimum atomic E-state index is -0.612. The summed E-state index contributed by atoms with van der Waals surface area (Å²) in [5.74, 6) is 0. The van der Waals surface area contributed by atoms with E-state index in [1.165, 1.54) is 13.3 Å². The fraction of sp³-hybridized carbons (Fsp3) is 0.400. The largest absolute Gasteiger partial charge is 0.444 e. The number of alkyl carbamates (subject to hydrolysis) is 1. The van der Waals surface area contributed by atoms with E-state index in [9.17, 15) is 4.79 Å². The fourth-order valence-electron chi connectivity index (χ4n) is 1.51. The van der Waals surface area contributed by atoms with E-state index >= 15 is 0 Å². The van der Waals surface area contributed by atoms with Gasteiger partial charge in [-0.3, -0.25) is 10.3 Å². The van der Waals surface area contributed by atoms with Crippen molar-refractivity contribution < 1.29 is 14.3 Å². The lowest BCUT2D eigenvalue weighted by Crippen LogP contribution is -2.35. The van der Waals surface area contributed by atoms with E-state index in [0.717, 1.165) is 0 Å². The van der Waals surface area contributed by atoms with Gasteiger partial charge < -0.3 is 15.2 Å². The van der Waals surface area contributed by atoms with Crippen LogP contribution in [0.1, 0.15) is 20.8 Å². The van der Waals surface area contributed by atoms with Crippen molar-refractivity contribution in [2.24, 2.45) is 10.7 Å². The Labute approximate surface area is 130 Å². The number of ether oxygens (including phenoxy) is 2. The third-order valence-electron chi connectivity index (χ3n) is 2.30. The monoisotopic (exact) mass is 306 g/mol. The van der Waals surface area contributed by atoms with Crippen LogP contribution in [0.2, 0.25) is 0 Å². The van der Waals surface area contributed by atoms with Gasteiger partial charge in [0.2, 0.25) is 0 Å². The number of aromatic nitrogens is 1. The summed E-state index contributed by atoms with van der Waals surface area (Å²) in [5, 5.41) is 2.57. The van der Waals surface area contributed by atoms with Gasteiger partial charge in [-0.2, -0.15) is 0 Å². The number of pyridine rings is 1. The fourth-order valence-corrected chi connectivity index (χ4v) is 1.51. The average molecular weight is 306 g/mol. The molecule has 0 atom stereocenters. The average Bonchev–Trinajstić information content (AvgIpc) is 2.43. The van der Waals surface area contributed by atoms with Crippen LogP contribution in [0.25, 0.3) is 0 Å². The van der Waals surface area contributed by atoms with Gasteiger partial charge in [-0.25, -0.2) is 9.79 Å². The Kier molecular flexibility index (Phi) is 6.52. The van der Waals surface area contributed by atoms with Crippen molar-refractivity contribution in [2.75, 3.05) is 13.7 Å². The first-order valence-corrected chi connectivity index (χ1v) is 6.74. The Hall–Kier alpha value is -2.41. The lowest BCUT2D eigenvalue weighted by molar-refractivity contribution is 0.0548. The molecule has 0 unspecified atom stereocenters. The van der Waals surface area contributed by atoms with E-state index in [2.05, 4.69) is 15.3 Å². The summed E-state index contributed by atoms with van der Waals surface area (Å²) in [6.45, 7) is 5.50. The summed E-state index contributed by atoms with van der Waals surface area (Å²) >= 11 is 0. The normalized spacial score (nSPS) is 12.9. The number of carbonyl (C=O) groups is 1. The van der Waals surface area contributed by atoms with Crippen molar-refractivity contribution in [1.82, 2.24) is 10.3 Å². The molecule has 0 spiro atoms. The lowest BCUT2D eigenvalue weighted by Gasteiger charge is -2.20. The first-order chi connectivity index (χ1) is 10.4. The number of carbonyl (C=O) groups excluding carboxylic acids is 1. The molecule has 0 saturated heterocycles. The van der Waals surface area contributed by atoms with Gasteiger partial charge in [0.25, 0.3) is 0 Å². The van der Waals surface area contributed by atoms with E-state index in [-0.39, 0.29) is 6.61 Å². The van der Waals surface area contributed by atoms with E-state index in [1.807, 2.05) is 0 Å². The molecule has 1 aromatic rings. The molecule has 7 nitrogen and oxygen atoms in total. The molecule has 1 rings (SSSR count). The number of hydrogen-bond acceptors (Lipinski definition) is 6. The molecular formula is C15H22N4O3. The number of nitrogens with one attached hydrogen (secondary N) is 1. The molecule has 1 amide bonds. The van der Waals surface area contributed by atoms with E-state index in [4.69, 9.17) is 15.2 Å². The maximum absolute atomic E-state index is 11.9. The highest BCUT2D eigenvalue weighted by Gasteiger charge is 2.18. The molecule has 0 aromatic carbocycles. The van der Waals surface area contributed by atoms with Crippen LogP contribution >= 0.6 is 0 Å². The summed E-state index contributed by atoms with van der Waals surface area (Å²) < 4.78 is 10.3. The van der Waals surface area contributed by atoms with Crippen LogP contribution in [-0.4, -0.2) is 36.1 Å². The molecule has 0 aliphatic rings. The molecule has 3 N–H and O–H groups in total. The molecule has 7 heteroatoms. The second-order valence-electron chi connectivity index (χ2n) is 5.41. The number of aliphatic imine (C=N–C) groups is 1. The minimum absolute atomic E-state index is 0.174. The molecule has 0 saturated carbocycles. The van der Waals surface area contributed by atoms with Gasteiger partial charge in [-0.15, -0.1) is 0 Å². The Morgan fingerprint density at radius 1 is 1.50 bits per heavy atom. The zero-order chi connectivity index (χ0) is 16.6. The van der Waals surface area contributed by atoms with Crippen molar-refractivity contribution in [3.63, 3.8) is 0 Å². The number of hydrogen-bond donors (Lipinski definition) is 2. The third kappa shape index (κ3) is 6.36. The molecular weight excluding hydrogens is 284 g/mol. The molecule has 1 aromatic heterocycles. The number of methoxy groups -OCH3 is 1. The Bertz CT molecular complexity index is 548. The number of nitrogens with two attached hydrogens (primary N) is 1. The first kappa shape index (κ1) is 17.6. The topological polar surface area (TPSA) is 98.8 Å². The first-order valence-electron chi connectivity index (χ1n) is 6.74. The van der Waals surface area contributed by atoms with Crippen molar-refractivity contribution in [1.29, 1.82) is 0 Å². The summed E-state index contributed by atoms with van der Waals surface area (Å²) in [6.07, 6.45) is 3.88. The number of amides is 1. The standard InChI is InChI=1S/C15H22N4O3/c1-15(2,3)22-14(20)19-12(8-16)13(10-21-4)18-11-6-5-7-17-9-11/h5-9H,10,16H2,1-4H3,(H,19,20)/b12-8+,18-13?. The summed E-state index contributed by atoms with van der Waals surface area (Å²) in [7, 11) is 1.53. The van der Waals surface area contributed by atoms with Gasteiger partial charge in [0, 0.05) is 19.5 Å². The summed E-state index contributed by atoms with van der Waals surface area (Å²) in [5.41, 5.74) is 6.39. The lowest BCUT2D eigenvalue weighted by atomic mass is 10.2. The predicted molar refractivity (Wildman–Crippen MR) is 84.8 cm³/mol. The molecule has 0 radical (unpaired) electrons. The molecule has 0 aliphatic heterocycles. The summed E-state index contributed by atoms with van der Waals surface area (Å²) in [4.78, 5) is 20.2. The van der Waals surface area contributed by atoms with E-state index < -0.39 is 11.7 Å². The van der Waals surface area contributed by atoms with E-state index in [0.29, 0.717) is 17.1 Å². The minimum Gasteiger partial charge on any atom is -0.444 e. The quantitative estimate of drug-likeness (QED) is 0.812. The van der Waals surface area contributed by atoms with E-state index in [1.54, 1.807) is 45.3 Å². The SMILES string of the molecule is COCC(=Nc1cccnc1)/C(=C\N)NC(=O)OC(C)(C)C. The smallest absolute Gasteiger partial charge is 0.412 e. The van der Waals surface area contributed by atoms with Gasteiger partial charge >= 0.3 is 6.09 Å². The summed E-state index contributed by atoms with van der Waals surface area (Å²) in [6, 6.07) is 3.54. The molecule has 120 valence electrons. The van der Waals surface area contributed by atoms with Crippen molar-refractivity contribution in [3.8, 4) is 0 Å². The predicted octanol–water partition coefficient (Wildman–Crippen LogP) is 2.13. The number of nitrogens with zero attached hydrogens (tertiary/aromatic N) is 2. The van der Waals surface area contributed by atoms with Gasteiger partial charge in [0.05, 0.1) is 29.9 Å². The Morgan fingerprint density at radius 2 is 2.23 bits per heavy atom. The van der Waals surface area contributed by atoms with Crippen LogP contribution in [0.4, 0.5) is 10.5 Å². The zero-order valence-electron chi connectivity index (χ0n) is 13.3. The van der Waals surface area contributed by atoms with Gasteiger partial charge in [0.15, 0.2) is 0 Å². The maximum atomic E-state index is 11.9. The van der Waals surface area contributed by atoms with Gasteiger partial charge in [0.1, 0.15) is 5.60 Å². The highest BCUT2D eigenvalue weighted by atomic mass is 16.6. The van der Waals surface area contributed by atoms with Crippen molar-refractivity contribution in [2.45, 2.75) is 26.4 Å². The molecule has 1 heterocycles. The number of rotatable bonds is 5. The molecule has 0 fully saturated rings. The second kappa shape index (κ2) is 8.14. The van der Waals surface area contributed by atoms with Crippen molar-refractivity contribution in [3.05, 3.63) is 36.4 Å². The molecule has 0 bridgehead atoms. The van der Waals surface area contributed by atoms with Crippen molar-refractivity contribution >= 4 is 17.5 Å². The van der Waals surface area contributed by atoms with Crippen LogP contribution < -0.4 is 11.1 Å².